The Morgan fingerprint density at radius 3 is 2.94 bits per heavy atom. The number of aryl methyl sites for hydroxylation is 1. The van der Waals surface area contributed by atoms with Crippen LogP contribution in [0, 0.1) is 5.82 Å². The summed E-state index contributed by atoms with van der Waals surface area (Å²) in [6, 6.07) is 4.89. The molecule has 0 atom stereocenters. The van der Waals surface area contributed by atoms with Crippen molar-refractivity contribution in [2.24, 2.45) is 12.0 Å². The molecule has 0 spiro atoms. The van der Waals surface area contributed by atoms with E-state index in [9.17, 15) is 9.18 Å². The molecule has 0 aliphatic rings. The molecule has 2 aromatic rings. The Kier molecular flexibility index (Phi) is 3.38. The van der Waals surface area contributed by atoms with Gasteiger partial charge < -0.3 is 4.57 Å². The Labute approximate surface area is 102 Å². The lowest BCUT2D eigenvalue weighted by Gasteiger charge is -1.96. The van der Waals surface area contributed by atoms with Crippen molar-refractivity contribution in [3.05, 3.63) is 28.8 Å². The van der Waals surface area contributed by atoms with Gasteiger partial charge in [-0.2, -0.15) is 4.99 Å². The maximum atomic E-state index is 13.6. The van der Waals surface area contributed by atoms with Crippen LogP contribution in [0.25, 0.3) is 10.2 Å². The fraction of sp³-hybridized carbons (Fsp3) is 0.333. The first kappa shape index (κ1) is 12.0. The highest BCUT2D eigenvalue weighted by Gasteiger charge is 2.08. The van der Waals surface area contributed by atoms with Gasteiger partial charge in [0.05, 0.1) is 10.2 Å². The molecule has 17 heavy (non-hydrogen) atoms. The van der Waals surface area contributed by atoms with Crippen LogP contribution in [0.15, 0.2) is 23.2 Å². The first-order valence-electron chi connectivity index (χ1n) is 5.45. The van der Waals surface area contributed by atoms with Gasteiger partial charge in [-0.1, -0.05) is 24.3 Å². The maximum absolute atomic E-state index is 13.6. The van der Waals surface area contributed by atoms with Gasteiger partial charge in [0.2, 0.25) is 5.91 Å². The van der Waals surface area contributed by atoms with E-state index >= 15 is 0 Å². The van der Waals surface area contributed by atoms with E-state index in [1.807, 2.05) is 13.0 Å². The second kappa shape index (κ2) is 4.79. The highest BCUT2D eigenvalue weighted by atomic mass is 32.1. The molecule has 0 aliphatic heterocycles. The average Bonchev–Trinajstić information content (AvgIpc) is 2.57. The van der Waals surface area contributed by atoms with Gasteiger partial charge in [0.1, 0.15) is 5.82 Å². The molecule has 0 saturated carbocycles. The van der Waals surface area contributed by atoms with Gasteiger partial charge in [-0.25, -0.2) is 4.39 Å². The van der Waals surface area contributed by atoms with E-state index in [4.69, 9.17) is 0 Å². The van der Waals surface area contributed by atoms with Crippen LogP contribution in [-0.4, -0.2) is 10.5 Å². The molecule has 0 aliphatic carbocycles. The lowest BCUT2D eigenvalue weighted by Crippen LogP contribution is -2.13. The first-order valence-corrected chi connectivity index (χ1v) is 6.26. The van der Waals surface area contributed by atoms with E-state index < -0.39 is 0 Å². The third-order valence-electron chi connectivity index (χ3n) is 2.46. The molecule has 1 heterocycles. The van der Waals surface area contributed by atoms with E-state index in [1.165, 1.54) is 17.4 Å². The maximum Gasteiger partial charge on any atom is 0.248 e. The third kappa shape index (κ3) is 2.29. The van der Waals surface area contributed by atoms with Gasteiger partial charge >= 0.3 is 0 Å². The van der Waals surface area contributed by atoms with Gasteiger partial charge in [-0.3, -0.25) is 4.79 Å². The van der Waals surface area contributed by atoms with Crippen molar-refractivity contribution < 1.29 is 9.18 Å². The Morgan fingerprint density at radius 1 is 1.53 bits per heavy atom. The number of benzene rings is 1. The predicted octanol–water partition coefficient (Wildman–Crippen LogP) is 2.61. The zero-order valence-electron chi connectivity index (χ0n) is 9.74. The summed E-state index contributed by atoms with van der Waals surface area (Å²) in [6.07, 6.45) is 1.20. The first-order chi connectivity index (χ1) is 8.13. The number of hydrogen-bond acceptors (Lipinski definition) is 2. The zero-order valence-corrected chi connectivity index (χ0v) is 10.6. The monoisotopic (exact) mass is 252 g/mol. The lowest BCUT2D eigenvalue weighted by atomic mass is 10.3. The molecular weight excluding hydrogens is 239 g/mol. The minimum Gasteiger partial charge on any atom is -0.317 e. The Morgan fingerprint density at radius 2 is 2.29 bits per heavy atom. The Bertz CT molecular complexity index is 627. The van der Waals surface area contributed by atoms with Gasteiger partial charge in [0.25, 0.3) is 0 Å². The van der Waals surface area contributed by atoms with Crippen LogP contribution in [-0.2, 0) is 11.8 Å². The van der Waals surface area contributed by atoms with Crippen LogP contribution in [0.2, 0.25) is 0 Å². The summed E-state index contributed by atoms with van der Waals surface area (Å²) in [6.45, 7) is 1.93. The van der Waals surface area contributed by atoms with Crippen LogP contribution >= 0.6 is 11.3 Å². The SMILES string of the molecule is CCCC(=O)N=c1sc2cccc(F)c2n1C. The van der Waals surface area contributed by atoms with Crippen molar-refractivity contribution in [3.63, 3.8) is 0 Å². The highest BCUT2D eigenvalue weighted by Crippen LogP contribution is 2.19. The molecule has 1 aromatic heterocycles. The van der Waals surface area contributed by atoms with Crippen LogP contribution in [0.5, 0.6) is 0 Å². The smallest absolute Gasteiger partial charge is 0.248 e. The second-order valence-electron chi connectivity index (χ2n) is 3.79. The summed E-state index contributed by atoms with van der Waals surface area (Å²) in [4.78, 5) is 16.0. The predicted molar refractivity (Wildman–Crippen MR) is 66.2 cm³/mol. The van der Waals surface area contributed by atoms with Crippen molar-refractivity contribution in [1.29, 1.82) is 0 Å². The van der Waals surface area contributed by atoms with Crippen molar-refractivity contribution >= 4 is 27.5 Å². The topological polar surface area (TPSA) is 34.4 Å². The minimum atomic E-state index is -0.286. The number of hydrogen-bond donors (Lipinski definition) is 0. The highest BCUT2D eigenvalue weighted by molar-refractivity contribution is 7.16. The third-order valence-corrected chi connectivity index (χ3v) is 3.55. The summed E-state index contributed by atoms with van der Waals surface area (Å²) in [5.74, 6) is -0.444. The lowest BCUT2D eigenvalue weighted by molar-refractivity contribution is -0.118. The van der Waals surface area contributed by atoms with Crippen LogP contribution in [0.3, 0.4) is 0 Å². The number of halogens is 1. The van der Waals surface area contributed by atoms with Gasteiger partial charge in [-0.15, -0.1) is 0 Å². The molecule has 0 N–H and O–H groups in total. The second-order valence-corrected chi connectivity index (χ2v) is 4.79. The minimum absolute atomic E-state index is 0.157. The van der Waals surface area contributed by atoms with E-state index in [0.717, 1.165) is 11.1 Å². The van der Waals surface area contributed by atoms with E-state index in [1.54, 1.807) is 17.7 Å². The molecule has 2 rings (SSSR count). The van der Waals surface area contributed by atoms with Crippen molar-refractivity contribution in [2.45, 2.75) is 19.8 Å². The number of fused-ring (bicyclic) bond motifs is 1. The van der Waals surface area contributed by atoms with E-state index in [2.05, 4.69) is 4.99 Å². The van der Waals surface area contributed by atoms with E-state index in [0.29, 0.717) is 16.7 Å². The van der Waals surface area contributed by atoms with Gasteiger partial charge in [0.15, 0.2) is 4.80 Å². The number of carbonyl (C=O) groups excluding carboxylic acids is 1. The summed E-state index contributed by atoms with van der Waals surface area (Å²) in [7, 11) is 1.72. The molecule has 0 saturated heterocycles. The van der Waals surface area contributed by atoms with Gasteiger partial charge in [-0.05, 0) is 18.6 Å². The summed E-state index contributed by atoms with van der Waals surface area (Å²) in [5, 5.41) is 0. The molecular formula is C12H13FN2OS. The standard InChI is InChI=1S/C12H13FN2OS/c1-3-5-10(16)14-12-15(2)11-8(13)6-4-7-9(11)17-12/h4,6-7H,3,5H2,1-2H3. The number of rotatable bonds is 2. The number of amides is 1. The summed E-state index contributed by atoms with van der Waals surface area (Å²) < 4.78 is 16.0. The number of nitrogens with zero attached hydrogens (tertiary/aromatic N) is 2. The van der Waals surface area contributed by atoms with Crippen LogP contribution in [0.4, 0.5) is 4.39 Å². The normalized spacial score (nSPS) is 12.3. The number of para-hydroxylation sites is 1. The quantitative estimate of drug-likeness (QED) is 0.809. The van der Waals surface area contributed by atoms with E-state index in [-0.39, 0.29) is 11.7 Å². The number of aromatic nitrogens is 1. The molecule has 0 radical (unpaired) electrons. The molecule has 1 amide bonds. The fourth-order valence-electron chi connectivity index (χ4n) is 1.64. The molecule has 90 valence electrons. The van der Waals surface area contributed by atoms with Crippen molar-refractivity contribution in [3.8, 4) is 0 Å². The van der Waals surface area contributed by atoms with Gasteiger partial charge in [0, 0.05) is 13.5 Å². The molecule has 1 aromatic carbocycles. The van der Waals surface area contributed by atoms with Crippen LogP contribution in [0.1, 0.15) is 19.8 Å². The zero-order chi connectivity index (χ0) is 12.4. The van der Waals surface area contributed by atoms with Crippen molar-refractivity contribution in [1.82, 2.24) is 4.57 Å². The molecule has 0 fully saturated rings. The average molecular weight is 252 g/mol. The molecule has 5 heteroatoms. The summed E-state index contributed by atoms with van der Waals surface area (Å²) >= 11 is 1.33. The molecule has 0 bridgehead atoms. The van der Waals surface area contributed by atoms with Crippen LogP contribution < -0.4 is 4.80 Å². The molecule has 0 unspecified atom stereocenters. The van der Waals surface area contributed by atoms with Crippen molar-refractivity contribution in [2.75, 3.05) is 0 Å². The largest absolute Gasteiger partial charge is 0.317 e. The Balaban J connectivity index is 2.61. The fourth-order valence-corrected chi connectivity index (χ4v) is 2.69. The Hall–Kier alpha value is -1.49. The number of thiazole rings is 1. The number of carbonyl (C=O) groups is 1. The summed E-state index contributed by atoms with van der Waals surface area (Å²) in [5.41, 5.74) is 0.501. The molecule has 3 nitrogen and oxygen atoms in total.